The summed E-state index contributed by atoms with van der Waals surface area (Å²) in [5.74, 6) is -0.284. The highest BCUT2D eigenvalue weighted by molar-refractivity contribution is 7.89. The van der Waals surface area contributed by atoms with Crippen LogP contribution >= 0.6 is 0 Å². The number of carbonyl (C=O) groups excluding carboxylic acids is 2. The van der Waals surface area contributed by atoms with Crippen LogP contribution in [0.5, 0.6) is 0 Å². The molecule has 0 bridgehead atoms. The molecule has 0 aliphatic carbocycles. The first-order chi connectivity index (χ1) is 13.3. The van der Waals surface area contributed by atoms with Crippen LogP contribution in [-0.2, 0) is 19.6 Å². The number of ether oxygens (including phenoxy) is 1. The Labute approximate surface area is 166 Å². The molecule has 2 saturated heterocycles. The number of carbonyl (C=O) groups is 2. The zero-order valence-electron chi connectivity index (χ0n) is 16.3. The minimum Gasteiger partial charge on any atom is -0.376 e. The van der Waals surface area contributed by atoms with Crippen LogP contribution in [0.4, 0.5) is 0 Å². The Morgan fingerprint density at radius 2 is 1.93 bits per heavy atom. The molecule has 1 aromatic carbocycles. The fourth-order valence-corrected chi connectivity index (χ4v) is 5.05. The SMILES string of the molecule is CC(=O)N1CCN(S(=O)(=O)c2cccc(C(=O)N(C)CC3CCCO3)c2)CC1. The molecule has 1 unspecified atom stereocenters. The van der Waals surface area contributed by atoms with Gasteiger partial charge >= 0.3 is 0 Å². The summed E-state index contributed by atoms with van der Waals surface area (Å²) >= 11 is 0. The number of rotatable bonds is 5. The van der Waals surface area contributed by atoms with Gasteiger partial charge < -0.3 is 14.5 Å². The average molecular weight is 410 g/mol. The lowest BCUT2D eigenvalue weighted by Gasteiger charge is -2.33. The summed E-state index contributed by atoms with van der Waals surface area (Å²) in [6.45, 7) is 3.93. The van der Waals surface area contributed by atoms with Crippen molar-refractivity contribution in [2.45, 2.75) is 30.8 Å². The molecular weight excluding hydrogens is 382 g/mol. The van der Waals surface area contributed by atoms with Crippen LogP contribution in [0.15, 0.2) is 29.2 Å². The Morgan fingerprint density at radius 3 is 2.54 bits per heavy atom. The Hall–Kier alpha value is -1.97. The Morgan fingerprint density at radius 1 is 1.21 bits per heavy atom. The van der Waals surface area contributed by atoms with Crippen LogP contribution < -0.4 is 0 Å². The Balaban J connectivity index is 1.71. The maximum absolute atomic E-state index is 13.0. The molecule has 2 fully saturated rings. The average Bonchev–Trinajstić information content (AvgIpc) is 3.20. The molecule has 2 aliphatic heterocycles. The van der Waals surface area contributed by atoms with Gasteiger partial charge in [-0.15, -0.1) is 0 Å². The van der Waals surface area contributed by atoms with Crippen LogP contribution in [-0.4, -0.2) is 86.8 Å². The van der Waals surface area contributed by atoms with Crippen molar-refractivity contribution >= 4 is 21.8 Å². The van der Waals surface area contributed by atoms with Crippen molar-refractivity contribution in [1.29, 1.82) is 0 Å². The van der Waals surface area contributed by atoms with E-state index in [1.54, 1.807) is 29.0 Å². The van der Waals surface area contributed by atoms with Crippen molar-refractivity contribution in [2.24, 2.45) is 0 Å². The first-order valence-corrected chi connectivity index (χ1v) is 11.0. The van der Waals surface area contributed by atoms with E-state index in [-0.39, 0.29) is 35.9 Å². The molecule has 2 heterocycles. The molecule has 0 spiro atoms. The molecule has 1 aromatic rings. The first kappa shape index (κ1) is 20.8. The zero-order chi connectivity index (χ0) is 20.3. The molecule has 2 amide bonds. The largest absolute Gasteiger partial charge is 0.376 e. The third kappa shape index (κ3) is 4.53. The molecule has 3 rings (SSSR count). The lowest BCUT2D eigenvalue weighted by Crippen LogP contribution is -2.49. The highest BCUT2D eigenvalue weighted by Crippen LogP contribution is 2.20. The van der Waals surface area contributed by atoms with Crippen LogP contribution in [0.25, 0.3) is 0 Å². The van der Waals surface area contributed by atoms with Gasteiger partial charge in [0, 0.05) is 58.9 Å². The normalized spacial score (nSPS) is 20.9. The predicted molar refractivity (Wildman–Crippen MR) is 103 cm³/mol. The van der Waals surface area contributed by atoms with Gasteiger partial charge in [-0.25, -0.2) is 8.42 Å². The molecule has 2 aliphatic rings. The van der Waals surface area contributed by atoms with E-state index < -0.39 is 10.0 Å². The van der Waals surface area contributed by atoms with E-state index in [4.69, 9.17) is 4.74 Å². The van der Waals surface area contributed by atoms with Gasteiger partial charge in [-0.05, 0) is 31.0 Å². The van der Waals surface area contributed by atoms with E-state index in [1.165, 1.54) is 23.4 Å². The fraction of sp³-hybridized carbons (Fsp3) is 0.579. The van der Waals surface area contributed by atoms with Crippen LogP contribution in [0.1, 0.15) is 30.1 Å². The van der Waals surface area contributed by atoms with Gasteiger partial charge in [0.15, 0.2) is 0 Å². The van der Waals surface area contributed by atoms with Crippen LogP contribution in [0.2, 0.25) is 0 Å². The molecule has 8 nitrogen and oxygen atoms in total. The fourth-order valence-electron chi connectivity index (χ4n) is 3.58. The summed E-state index contributed by atoms with van der Waals surface area (Å²) < 4.78 is 32.9. The van der Waals surface area contributed by atoms with Crippen molar-refractivity contribution in [2.75, 3.05) is 46.4 Å². The van der Waals surface area contributed by atoms with Gasteiger partial charge in [0.25, 0.3) is 5.91 Å². The molecule has 0 saturated carbocycles. The highest BCUT2D eigenvalue weighted by Gasteiger charge is 2.30. The molecular formula is C19H27N3O5S. The summed E-state index contributed by atoms with van der Waals surface area (Å²) in [7, 11) is -2.01. The van der Waals surface area contributed by atoms with Gasteiger partial charge in [-0.2, -0.15) is 4.31 Å². The molecule has 0 N–H and O–H groups in total. The van der Waals surface area contributed by atoms with Gasteiger partial charge in [0.2, 0.25) is 15.9 Å². The van der Waals surface area contributed by atoms with E-state index >= 15 is 0 Å². The zero-order valence-corrected chi connectivity index (χ0v) is 17.2. The molecule has 1 atom stereocenters. The van der Waals surface area contributed by atoms with E-state index in [9.17, 15) is 18.0 Å². The summed E-state index contributed by atoms with van der Waals surface area (Å²) in [6, 6.07) is 6.15. The third-order valence-electron chi connectivity index (χ3n) is 5.25. The van der Waals surface area contributed by atoms with E-state index in [0.717, 1.165) is 19.4 Å². The second-order valence-electron chi connectivity index (χ2n) is 7.26. The number of benzene rings is 1. The van der Waals surface area contributed by atoms with E-state index in [1.807, 2.05) is 0 Å². The summed E-state index contributed by atoms with van der Waals surface area (Å²) in [4.78, 5) is 27.5. The smallest absolute Gasteiger partial charge is 0.253 e. The Kier molecular flexibility index (Phi) is 6.36. The minimum absolute atomic E-state index is 0.0402. The van der Waals surface area contributed by atoms with Crippen LogP contribution in [0, 0.1) is 0 Å². The number of piperazine rings is 1. The van der Waals surface area contributed by atoms with Gasteiger partial charge in [0.1, 0.15) is 0 Å². The van der Waals surface area contributed by atoms with Crippen molar-refractivity contribution in [1.82, 2.24) is 14.1 Å². The molecule has 154 valence electrons. The first-order valence-electron chi connectivity index (χ1n) is 9.52. The van der Waals surface area contributed by atoms with Crippen molar-refractivity contribution in [3.8, 4) is 0 Å². The maximum atomic E-state index is 13.0. The third-order valence-corrected chi connectivity index (χ3v) is 7.15. The van der Waals surface area contributed by atoms with Crippen molar-refractivity contribution < 1.29 is 22.7 Å². The molecule has 0 radical (unpaired) electrons. The second-order valence-corrected chi connectivity index (χ2v) is 9.20. The van der Waals surface area contributed by atoms with E-state index in [2.05, 4.69) is 0 Å². The number of hydrogen-bond donors (Lipinski definition) is 0. The van der Waals surface area contributed by atoms with E-state index in [0.29, 0.717) is 25.2 Å². The van der Waals surface area contributed by atoms with Crippen molar-refractivity contribution in [3.05, 3.63) is 29.8 Å². The summed E-state index contributed by atoms with van der Waals surface area (Å²) in [5.41, 5.74) is 0.337. The quantitative estimate of drug-likeness (QED) is 0.718. The maximum Gasteiger partial charge on any atom is 0.253 e. The van der Waals surface area contributed by atoms with Gasteiger partial charge in [0.05, 0.1) is 11.0 Å². The van der Waals surface area contributed by atoms with Gasteiger partial charge in [-0.3, -0.25) is 9.59 Å². The summed E-state index contributed by atoms with van der Waals surface area (Å²) in [6.07, 6.45) is 1.97. The predicted octanol–water partition coefficient (Wildman–Crippen LogP) is 0.790. The van der Waals surface area contributed by atoms with Crippen LogP contribution in [0.3, 0.4) is 0 Å². The molecule has 9 heteroatoms. The monoisotopic (exact) mass is 409 g/mol. The van der Waals surface area contributed by atoms with Crippen molar-refractivity contribution in [3.63, 3.8) is 0 Å². The minimum atomic E-state index is -3.72. The lowest BCUT2D eigenvalue weighted by atomic mass is 10.2. The number of hydrogen-bond acceptors (Lipinski definition) is 5. The number of nitrogens with zero attached hydrogens (tertiary/aromatic N) is 3. The lowest BCUT2D eigenvalue weighted by molar-refractivity contribution is -0.129. The number of amides is 2. The number of sulfonamides is 1. The standard InChI is InChI=1S/C19H27N3O5S/c1-15(23)21-8-10-22(11-9-21)28(25,26)18-7-3-5-16(13-18)19(24)20(2)14-17-6-4-12-27-17/h3,5,7,13,17H,4,6,8-12,14H2,1-2H3. The number of likely N-dealkylation sites (N-methyl/N-ethyl adjacent to an activating group) is 1. The second kappa shape index (κ2) is 8.59. The Bertz CT molecular complexity index is 828. The highest BCUT2D eigenvalue weighted by atomic mass is 32.2. The topological polar surface area (TPSA) is 87.2 Å². The van der Waals surface area contributed by atoms with Gasteiger partial charge in [-0.1, -0.05) is 6.07 Å². The molecule has 28 heavy (non-hydrogen) atoms. The molecule has 0 aromatic heterocycles. The summed E-state index contributed by atoms with van der Waals surface area (Å²) in [5, 5.41) is 0.